The third kappa shape index (κ3) is 2.42. The van der Waals surface area contributed by atoms with Gasteiger partial charge in [-0.2, -0.15) is 13.2 Å². The first-order valence-electron chi connectivity index (χ1n) is 9.23. The normalized spacial score (nSPS) is 22.4. The van der Waals surface area contributed by atoms with E-state index in [1.165, 1.54) is 28.4 Å². The number of piperidine rings is 1. The number of alkyl halides is 3. The molecule has 2 atom stereocenters. The molecule has 4 heterocycles. The molecular formula is C21H20F3N3. The van der Waals surface area contributed by atoms with E-state index in [4.69, 9.17) is 0 Å². The second-order valence-electron chi connectivity index (χ2n) is 7.78. The van der Waals surface area contributed by atoms with E-state index < -0.39 is 11.9 Å². The van der Waals surface area contributed by atoms with Crippen LogP contribution in [0.25, 0.3) is 16.6 Å². The van der Waals surface area contributed by atoms with Gasteiger partial charge in [0.05, 0.1) is 17.4 Å². The van der Waals surface area contributed by atoms with Crippen LogP contribution in [-0.2, 0) is 6.18 Å². The van der Waals surface area contributed by atoms with Crippen LogP contribution in [0.3, 0.4) is 0 Å². The quantitative estimate of drug-likeness (QED) is 0.585. The average Bonchev–Trinajstić information content (AvgIpc) is 2.97. The third-order valence-corrected chi connectivity index (χ3v) is 6.05. The Bertz CT molecular complexity index is 1030. The molecule has 0 radical (unpaired) electrons. The molecule has 3 nitrogen and oxygen atoms in total. The van der Waals surface area contributed by atoms with Crippen LogP contribution in [0.4, 0.5) is 13.2 Å². The van der Waals surface area contributed by atoms with Gasteiger partial charge in [-0.1, -0.05) is 11.6 Å². The van der Waals surface area contributed by atoms with E-state index in [9.17, 15) is 13.2 Å². The highest BCUT2D eigenvalue weighted by Gasteiger charge is 2.41. The second-order valence-corrected chi connectivity index (χ2v) is 7.78. The fourth-order valence-corrected chi connectivity index (χ4v) is 4.90. The number of benzene rings is 1. The molecule has 2 aromatic heterocycles. The molecule has 2 unspecified atom stereocenters. The summed E-state index contributed by atoms with van der Waals surface area (Å²) in [6, 6.07) is 9.35. The zero-order chi connectivity index (χ0) is 18.9. The summed E-state index contributed by atoms with van der Waals surface area (Å²) in [6.45, 7) is 3.06. The number of rotatable bonds is 1. The molecule has 1 fully saturated rings. The maximum atomic E-state index is 12.9. The van der Waals surface area contributed by atoms with Gasteiger partial charge >= 0.3 is 6.18 Å². The second kappa shape index (κ2) is 5.58. The van der Waals surface area contributed by atoms with Gasteiger partial charge in [-0.05, 0) is 56.6 Å². The molecular weight excluding hydrogens is 351 g/mol. The largest absolute Gasteiger partial charge is 0.433 e. The van der Waals surface area contributed by atoms with Gasteiger partial charge in [-0.3, -0.25) is 4.90 Å². The fraction of sp³-hybridized carbons (Fsp3) is 0.381. The molecule has 3 aromatic rings. The molecule has 27 heavy (non-hydrogen) atoms. The van der Waals surface area contributed by atoms with Gasteiger partial charge in [0.2, 0.25) is 0 Å². The number of halogens is 3. The molecule has 6 heteroatoms. The fourth-order valence-electron chi connectivity index (χ4n) is 4.90. The molecule has 140 valence electrons. The molecule has 0 N–H and O–H groups in total. The van der Waals surface area contributed by atoms with Crippen LogP contribution < -0.4 is 0 Å². The summed E-state index contributed by atoms with van der Waals surface area (Å²) in [4.78, 5) is 6.11. The first kappa shape index (κ1) is 16.8. The van der Waals surface area contributed by atoms with Crippen molar-refractivity contribution in [2.45, 2.75) is 37.9 Å². The molecule has 1 saturated heterocycles. The molecule has 1 aliphatic carbocycles. The van der Waals surface area contributed by atoms with E-state index in [1.54, 1.807) is 6.07 Å². The molecule has 0 saturated carbocycles. The van der Waals surface area contributed by atoms with Gasteiger partial charge < -0.3 is 4.57 Å². The van der Waals surface area contributed by atoms with Gasteiger partial charge in [0, 0.05) is 29.6 Å². The molecule has 1 aromatic carbocycles. The number of aryl methyl sites for hydroxylation is 1. The Hall–Kier alpha value is -2.34. The Morgan fingerprint density at radius 3 is 2.59 bits per heavy atom. The van der Waals surface area contributed by atoms with Crippen molar-refractivity contribution in [2.75, 3.05) is 13.6 Å². The lowest BCUT2D eigenvalue weighted by molar-refractivity contribution is -0.141. The smallest absolute Gasteiger partial charge is 0.311 e. The first-order valence-corrected chi connectivity index (χ1v) is 9.23. The number of aromatic nitrogens is 2. The number of hydrogen-bond donors (Lipinski definition) is 0. The lowest BCUT2D eigenvalue weighted by Gasteiger charge is -2.44. The summed E-state index contributed by atoms with van der Waals surface area (Å²) in [5, 5.41) is 1.21. The maximum Gasteiger partial charge on any atom is 0.433 e. The number of fused-ring (bicyclic) bond motifs is 3. The zero-order valence-electron chi connectivity index (χ0n) is 15.2. The van der Waals surface area contributed by atoms with Crippen LogP contribution >= 0.6 is 0 Å². The van der Waals surface area contributed by atoms with Gasteiger partial charge in [-0.15, -0.1) is 0 Å². The predicted octanol–water partition coefficient (Wildman–Crippen LogP) is 5.22. The Labute approximate surface area is 155 Å². The molecule has 6 rings (SSSR count). The van der Waals surface area contributed by atoms with E-state index in [2.05, 4.69) is 46.6 Å². The Morgan fingerprint density at radius 1 is 1.11 bits per heavy atom. The number of hydrogen-bond acceptors (Lipinski definition) is 2. The summed E-state index contributed by atoms with van der Waals surface area (Å²) >= 11 is 0. The summed E-state index contributed by atoms with van der Waals surface area (Å²) in [5.41, 5.74) is 4.70. The van der Waals surface area contributed by atoms with Crippen LogP contribution in [0.2, 0.25) is 0 Å². The van der Waals surface area contributed by atoms with E-state index in [1.807, 2.05) is 0 Å². The minimum Gasteiger partial charge on any atom is -0.311 e. The van der Waals surface area contributed by atoms with Crippen molar-refractivity contribution in [1.29, 1.82) is 0 Å². The molecule has 0 spiro atoms. The van der Waals surface area contributed by atoms with Crippen molar-refractivity contribution in [3.63, 3.8) is 0 Å². The van der Waals surface area contributed by atoms with Crippen molar-refractivity contribution in [3.05, 3.63) is 59.0 Å². The number of likely N-dealkylation sites (N-methyl/N-ethyl adjacent to an activating group) is 1. The van der Waals surface area contributed by atoms with Crippen molar-refractivity contribution in [2.24, 2.45) is 0 Å². The van der Waals surface area contributed by atoms with E-state index in [0.717, 1.165) is 31.0 Å². The van der Waals surface area contributed by atoms with Crippen molar-refractivity contribution in [3.8, 4) is 5.69 Å². The van der Waals surface area contributed by atoms with Crippen molar-refractivity contribution in [1.82, 2.24) is 14.5 Å². The van der Waals surface area contributed by atoms with Crippen LogP contribution in [0, 0.1) is 6.92 Å². The van der Waals surface area contributed by atoms with Crippen molar-refractivity contribution >= 4 is 10.9 Å². The molecule has 2 bridgehead atoms. The Balaban J connectivity index is 1.78. The minimum absolute atomic E-state index is 0.373. The van der Waals surface area contributed by atoms with E-state index in [-0.39, 0.29) is 0 Å². The van der Waals surface area contributed by atoms with E-state index in [0.29, 0.717) is 17.6 Å². The topological polar surface area (TPSA) is 21.1 Å². The SMILES string of the molecule is Cc1ccc2c(c1)c1c(n2-c2ccc(C(F)(F)F)nc2)C2CCC1N(C)C2. The Kier molecular flexibility index (Phi) is 3.47. The lowest BCUT2D eigenvalue weighted by atomic mass is 9.78. The molecule has 2 aliphatic heterocycles. The van der Waals surface area contributed by atoms with Crippen molar-refractivity contribution < 1.29 is 13.2 Å². The first-order chi connectivity index (χ1) is 12.8. The summed E-state index contributed by atoms with van der Waals surface area (Å²) < 4.78 is 40.9. The van der Waals surface area contributed by atoms with E-state index >= 15 is 0 Å². The van der Waals surface area contributed by atoms with Crippen LogP contribution in [0.5, 0.6) is 0 Å². The number of nitrogens with zero attached hydrogens (tertiary/aromatic N) is 3. The zero-order valence-corrected chi connectivity index (χ0v) is 15.2. The highest BCUT2D eigenvalue weighted by Crippen LogP contribution is 2.51. The Morgan fingerprint density at radius 2 is 1.93 bits per heavy atom. The highest BCUT2D eigenvalue weighted by atomic mass is 19.4. The lowest BCUT2D eigenvalue weighted by Crippen LogP contribution is -2.40. The standard InChI is InChI=1S/C21H20F3N3/c1-12-3-6-16-15(9-12)19-17-7-4-13(11-26(17)2)20(19)27(16)14-5-8-18(25-10-14)21(22,23)24/h3,5-6,8-10,13,17H,4,7,11H2,1-2H3. The van der Waals surface area contributed by atoms with Gasteiger partial charge in [0.1, 0.15) is 5.69 Å². The monoisotopic (exact) mass is 371 g/mol. The maximum absolute atomic E-state index is 12.9. The van der Waals surface area contributed by atoms with Crippen LogP contribution in [0.15, 0.2) is 36.5 Å². The predicted molar refractivity (Wildman–Crippen MR) is 98.2 cm³/mol. The van der Waals surface area contributed by atoms with Crippen LogP contribution in [-0.4, -0.2) is 28.0 Å². The number of pyridine rings is 1. The highest BCUT2D eigenvalue weighted by molar-refractivity contribution is 5.89. The summed E-state index contributed by atoms with van der Waals surface area (Å²) in [6.07, 6.45) is -0.818. The van der Waals surface area contributed by atoms with Gasteiger partial charge in [0.15, 0.2) is 0 Å². The molecule has 0 amide bonds. The van der Waals surface area contributed by atoms with Gasteiger partial charge in [0.25, 0.3) is 0 Å². The third-order valence-electron chi connectivity index (χ3n) is 6.05. The average molecular weight is 371 g/mol. The summed E-state index contributed by atoms with van der Waals surface area (Å²) in [5.74, 6) is 0.394. The summed E-state index contributed by atoms with van der Waals surface area (Å²) in [7, 11) is 2.17. The molecule has 3 aliphatic rings. The van der Waals surface area contributed by atoms with Gasteiger partial charge in [-0.25, -0.2) is 4.98 Å². The minimum atomic E-state index is -4.42. The van der Waals surface area contributed by atoms with Crippen LogP contribution in [0.1, 0.15) is 47.3 Å².